The lowest BCUT2D eigenvalue weighted by atomic mass is 10.1. The Balaban J connectivity index is 1.53. The number of carbonyl (C=O) groups excluding carboxylic acids is 2. The molecule has 2 aromatic carbocycles. The van der Waals surface area contributed by atoms with Gasteiger partial charge in [0.1, 0.15) is 0 Å². The molecule has 1 fully saturated rings. The highest BCUT2D eigenvalue weighted by Crippen LogP contribution is 2.22. The molecule has 1 atom stereocenters. The number of hydrogen-bond acceptors (Lipinski definition) is 6. The first-order valence-electron chi connectivity index (χ1n) is 10.2. The molecule has 0 unspecified atom stereocenters. The van der Waals surface area contributed by atoms with Crippen LogP contribution in [-0.4, -0.2) is 36.0 Å². The smallest absolute Gasteiger partial charge is 0.331 e. The van der Waals surface area contributed by atoms with Crippen molar-refractivity contribution in [2.24, 2.45) is 0 Å². The Labute approximate surface area is 180 Å². The summed E-state index contributed by atoms with van der Waals surface area (Å²) in [5, 5.41) is 13.7. The molecule has 0 aliphatic carbocycles. The van der Waals surface area contributed by atoms with E-state index in [9.17, 15) is 19.7 Å². The van der Waals surface area contributed by atoms with Crippen LogP contribution < -0.4 is 10.2 Å². The van der Waals surface area contributed by atoms with Crippen molar-refractivity contribution < 1.29 is 19.2 Å². The van der Waals surface area contributed by atoms with E-state index in [0.717, 1.165) is 24.9 Å². The van der Waals surface area contributed by atoms with Crippen LogP contribution in [0.25, 0.3) is 6.08 Å². The summed E-state index contributed by atoms with van der Waals surface area (Å²) in [6.45, 7) is 3.55. The molecule has 1 aliphatic rings. The number of para-hydroxylation sites is 1. The van der Waals surface area contributed by atoms with E-state index in [1.807, 2.05) is 24.3 Å². The third-order valence-electron chi connectivity index (χ3n) is 5.05. The molecule has 2 aromatic rings. The minimum absolute atomic E-state index is 0.120. The van der Waals surface area contributed by atoms with Gasteiger partial charge in [-0.2, -0.15) is 0 Å². The van der Waals surface area contributed by atoms with Crippen LogP contribution in [0.2, 0.25) is 0 Å². The van der Waals surface area contributed by atoms with Crippen LogP contribution in [0.1, 0.15) is 31.7 Å². The molecule has 1 N–H and O–H groups in total. The van der Waals surface area contributed by atoms with E-state index in [4.69, 9.17) is 4.74 Å². The van der Waals surface area contributed by atoms with Crippen LogP contribution in [0.4, 0.5) is 17.1 Å². The van der Waals surface area contributed by atoms with Crippen LogP contribution >= 0.6 is 0 Å². The van der Waals surface area contributed by atoms with Crippen molar-refractivity contribution >= 4 is 35.0 Å². The molecule has 0 bridgehead atoms. The molecular formula is C23H25N3O5. The van der Waals surface area contributed by atoms with Gasteiger partial charge < -0.3 is 15.0 Å². The summed E-state index contributed by atoms with van der Waals surface area (Å²) in [5.74, 6) is -1.22. The number of nitrogens with one attached hydrogen (secondary N) is 1. The Hall–Kier alpha value is -3.68. The normalized spacial score (nSPS) is 14.8. The van der Waals surface area contributed by atoms with Crippen LogP contribution in [0.5, 0.6) is 0 Å². The van der Waals surface area contributed by atoms with Gasteiger partial charge in [-0.1, -0.05) is 12.1 Å². The van der Waals surface area contributed by atoms with Crippen molar-refractivity contribution in [2.75, 3.05) is 23.3 Å². The average molecular weight is 423 g/mol. The quantitative estimate of drug-likeness (QED) is 0.310. The number of amides is 1. The predicted octanol–water partition coefficient (Wildman–Crippen LogP) is 4.17. The third-order valence-corrected chi connectivity index (χ3v) is 5.05. The van der Waals surface area contributed by atoms with E-state index in [1.165, 1.54) is 44.4 Å². The first-order chi connectivity index (χ1) is 14.9. The summed E-state index contributed by atoms with van der Waals surface area (Å²) in [5.41, 5.74) is 1.89. The summed E-state index contributed by atoms with van der Waals surface area (Å²) in [6.07, 6.45) is 4.98. The SMILES string of the molecule is C[C@H](OC(=O)/C=C/c1ccccc1[N+](=O)[O-])C(=O)Nc1ccc(N2CCCCC2)cc1. The number of rotatable bonds is 7. The van der Waals surface area contributed by atoms with Gasteiger partial charge in [-0.15, -0.1) is 0 Å². The largest absolute Gasteiger partial charge is 0.449 e. The number of anilines is 2. The topological polar surface area (TPSA) is 102 Å². The number of nitrogens with zero attached hydrogens (tertiary/aromatic N) is 2. The maximum absolute atomic E-state index is 12.3. The molecule has 8 nitrogen and oxygen atoms in total. The molecule has 1 amide bonds. The summed E-state index contributed by atoms with van der Waals surface area (Å²) >= 11 is 0. The van der Waals surface area contributed by atoms with E-state index in [1.54, 1.807) is 12.1 Å². The summed E-state index contributed by atoms with van der Waals surface area (Å²) in [7, 11) is 0. The summed E-state index contributed by atoms with van der Waals surface area (Å²) in [6, 6.07) is 13.6. The van der Waals surface area contributed by atoms with Gasteiger partial charge in [-0.3, -0.25) is 14.9 Å². The maximum atomic E-state index is 12.3. The molecule has 0 radical (unpaired) electrons. The highest BCUT2D eigenvalue weighted by atomic mass is 16.6. The van der Waals surface area contributed by atoms with E-state index in [0.29, 0.717) is 5.69 Å². The highest BCUT2D eigenvalue weighted by molar-refractivity contribution is 5.96. The van der Waals surface area contributed by atoms with Gasteiger partial charge in [-0.05, 0) is 62.6 Å². The minimum Gasteiger partial charge on any atom is -0.449 e. The Morgan fingerprint density at radius 1 is 1.10 bits per heavy atom. The number of esters is 1. The van der Waals surface area contributed by atoms with Gasteiger partial charge in [0.15, 0.2) is 6.10 Å². The lowest BCUT2D eigenvalue weighted by Gasteiger charge is -2.28. The first-order valence-corrected chi connectivity index (χ1v) is 10.2. The van der Waals surface area contributed by atoms with E-state index < -0.39 is 22.9 Å². The molecular weight excluding hydrogens is 398 g/mol. The standard InChI is InChI=1S/C23H25N3O5/c1-17(31-22(27)14-9-18-7-3-4-8-21(18)26(29)30)23(28)24-19-10-12-20(13-11-19)25-15-5-2-6-16-25/h3-4,7-14,17H,2,5-6,15-16H2,1H3,(H,24,28)/b14-9+/t17-/m0/s1. The fourth-order valence-electron chi connectivity index (χ4n) is 3.37. The molecule has 0 spiro atoms. The van der Waals surface area contributed by atoms with Crippen molar-refractivity contribution in [2.45, 2.75) is 32.3 Å². The summed E-state index contributed by atoms with van der Waals surface area (Å²) in [4.78, 5) is 37.2. The van der Waals surface area contributed by atoms with Gasteiger partial charge in [0.05, 0.1) is 10.5 Å². The molecule has 162 valence electrons. The van der Waals surface area contributed by atoms with Crippen molar-refractivity contribution in [3.8, 4) is 0 Å². The molecule has 8 heteroatoms. The van der Waals surface area contributed by atoms with Crippen LogP contribution in [0.3, 0.4) is 0 Å². The van der Waals surface area contributed by atoms with E-state index >= 15 is 0 Å². The zero-order valence-electron chi connectivity index (χ0n) is 17.3. The van der Waals surface area contributed by atoms with Gasteiger partial charge in [0.25, 0.3) is 11.6 Å². The van der Waals surface area contributed by atoms with Gasteiger partial charge in [0.2, 0.25) is 0 Å². The highest BCUT2D eigenvalue weighted by Gasteiger charge is 2.18. The fourth-order valence-corrected chi connectivity index (χ4v) is 3.37. The van der Waals surface area contributed by atoms with Crippen molar-refractivity contribution in [1.29, 1.82) is 0 Å². The number of nitro benzene ring substituents is 1. The number of piperidine rings is 1. The first kappa shape index (κ1) is 22.0. The Kier molecular flexibility index (Phi) is 7.37. The Bertz CT molecular complexity index is 965. The van der Waals surface area contributed by atoms with E-state index in [-0.39, 0.29) is 11.3 Å². The lowest BCUT2D eigenvalue weighted by molar-refractivity contribution is -0.385. The second-order valence-corrected chi connectivity index (χ2v) is 7.31. The molecule has 0 saturated carbocycles. The fraction of sp³-hybridized carbons (Fsp3) is 0.304. The Morgan fingerprint density at radius 2 is 1.77 bits per heavy atom. The lowest BCUT2D eigenvalue weighted by Crippen LogP contribution is -2.30. The predicted molar refractivity (Wildman–Crippen MR) is 119 cm³/mol. The molecule has 1 heterocycles. The monoisotopic (exact) mass is 423 g/mol. The number of nitro groups is 1. The third kappa shape index (κ3) is 6.15. The number of ether oxygens (including phenoxy) is 1. The van der Waals surface area contributed by atoms with Crippen LogP contribution in [0.15, 0.2) is 54.6 Å². The van der Waals surface area contributed by atoms with E-state index in [2.05, 4.69) is 10.2 Å². The van der Waals surface area contributed by atoms with Crippen molar-refractivity contribution in [3.05, 3.63) is 70.3 Å². The molecule has 31 heavy (non-hydrogen) atoms. The van der Waals surface area contributed by atoms with Gasteiger partial charge in [0, 0.05) is 36.6 Å². The molecule has 0 aromatic heterocycles. The minimum atomic E-state index is -1.02. The second kappa shape index (κ2) is 10.4. The van der Waals surface area contributed by atoms with Crippen molar-refractivity contribution in [3.63, 3.8) is 0 Å². The number of carbonyl (C=O) groups is 2. The zero-order chi connectivity index (χ0) is 22.2. The Morgan fingerprint density at radius 3 is 2.45 bits per heavy atom. The average Bonchev–Trinajstić information content (AvgIpc) is 2.79. The van der Waals surface area contributed by atoms with Crippen LogP contribution in [0, 0.1) is 10.1 Å². The number of benzene rings is 2. The molecule has 1 saturated heterocycles. The summed E-state index contributed by atoms with van der Waals surface area (Å²) < 4.78 is 5.11. The van der Waals surface area contributed by atoms with Gasteiger partial charge in [-0.25, -0.2) is 4.79 Å². The zero-order valence-corrected chi connectivity index (χ0v) is 17.3. The van der Waals surface area contributed by atoms with Crippen molar-refractivity contribution in [1.82, 2.24) is 0 Å². The number of hydrogen-bond donors (Lipinski definition) is 1. The van der Waals surface area contributed by atoms with Gasteiger partial charge >= 0.3 is 5.97 Å². The second-order valence-electron chi connectivity index (χ2n) is 7.31. The maximum Gasteiger partial charge on any atom is 0.331 e. The molecule has 1 aliphatic heterocycles. The molecule has 3 rings (SSSR count). The van der Waals surface area contributed by atoms with Crippen LogP contribution in [-0.2, 0) is 14.3 Å².